The highest BCUT2D eigenvalue weighted by Crippen LogP contribution is 2.26. The molecule has 3 rings (SSSR count). The third-order valence-electron chi connectivity index (χ3n) is 4.64. The first-order valence-electron chi connectivity index (χ1n) is 8.58. The van der Waals surface area contributed by atoms with E-state index in [2.05, 4.69) is 10.4 Å². The van der Waals surface area contributed by atoms with Gasteiger partial charge in [-0.25, -0.2) is 0 Å². The second-order valence-electron chi connectivity index (χ2n) is 6.50. The van der Waals surface area contributed by atoms with Crippen molar-refractivity contribution in [2.24, 2.45) is 7.05 Å². The Morgan fingerprint density at radius 3 is 2.60 bits per heavy atom. The highest BCUT2D eigenvalue weighted by Gasteiger charge is 2.24. The molecule has 132 valence electrons. The Hall–Kier alpha value is -2.63. The topological polar surface area (TPSA) is 73.2 Å². The van der Waals surface area contributed by atoms with Gasteiger partial charge in [-0.05, 0) is 51.7 Å². The maximum Gasteiger partial charge on any atom is 0.296 e. The molecule has 6 heteroatoms. The van der Waals surface area contributed by atoms with Crippen LogP contribution in [-0.4, -0.2) is 27.6 Å². The summed E-state index contributed by atoms with van der Waals surface area (Å²) in [5.41, 5.74) is 2.14. The summed E-state index contributed by atoms with van der Waals surface area (Å²) >= 11 is 0. The molecule has 2 aromatic rings. The molecule has 0 unspecified atom stereocenters. The molecule has 6 nitrogen and oxygen atoms in total. The average Bonchev–Trinajstić information content (AvgIpc) is 3.16. The van der Waals surface area contributed by atoms with Crippen LogP contribution in [0.5, 0.6) is 5.75 Å². The van der Waals surface area contributed by atoms with Crippen LogP contribution >= 0.6 is 0 Å². The fourth-order valence-corrected chi connectivity index (χ4v) is 3.25. The number of aryl methyl sites for hydroxylation is 2. The molecule has 25 heavy (non-hydrogen) atoms. The summed E-state index contributed by atoms with van der Waals surface area (Å²) in [7, 11) is 1.75. The molecule has 1 aliphatic carbocycles. The summed E-state index contributed by atoms with van der Waals surface area (Å²) in [6.07, 6.45) is 4.76. The van der Waals surface area contributed by atoms with Crippen LogP contribution < -0.4 is 10.1 Å². The highest BCUT2D eigenvalue weighted by molar-refractivity contribution is 6.47. The number of ether oxygens (including phenoxy) is 1. The van der Waals surface area contributed by atoms with Crippen LogP contribution in [0.25, 0.3) is 0 Å². The van der Waals surface area contributed by atoms with Crippen LogP contribution in [0.4, 0.5) is 5.69 Å². The Labute approximate surface area is 147 Å². The minimum atomic E-state index is -0.669. The molecule has 0 bridgehead atoms. The second-order valence-corrected chi connectivity index (χ2v) is 6.50. The minimum Gasteiger partial charge on any atom is -0.490 e. The van der Waals surface area contributed by atoms with Gasteiger partial charge in [0.25, 0.3) is 11.7 Å². The summed E-state index contributed by atoms with van der Waals surface area (Å²) < 4.78 is 7.54. The first-order valence-corrected chi connectivity index (χ1v) is 8.58. The summed E-state index contributed by atoms with van der Waals surface area (Å²) in [6, 6.07) is 7.18. The molecule has 1 aromatic heterocycles. The van der Waals surface area contributed by atoms with Crippen molar-refractivity contribution in [3.05, 3.63) is 41.2 Å². The van der Waals surface area contributed by atoms with Crippen molar-refractivity contribution < 1.29 is 14.3 Å². The average molecular weight is 341 g/mol. The van der Waals surface area contributed by atoms with Gasteiger partial charge in [0.1, 0.15) is 5.75 Å². The fraction of sp³-hybridized carbons (Fsp3) is 0.421. The van der Waals surface area contributed by atoms with Gasteiger partial charge in [0, 0.05) is 24.5 Å². The number of nitrogens with zero attached hydrogens (tertiary/aromatic N) is 2. The summed E-state index contributed by atoms with van der Waals surface area (Å²) in [6.45, 7) is 3.50. The Balaban J connectivity index is 1.71. The molecule has 1 N–H and O–H groups in total. The number of nitrogens with one attached hydrogen (secondary N) is 1. The molecule has 0 spiro atoms. The summed E-state index contributed by atoms with van der Waals surface area (Å²) in [5, 5.41) is 6.85. The van der Waals surface area contributed by atoms with Crippen molar-refractivity contribution in [3.63, 3.8) is 0 Å². The molecular weight excluding hydrogens is 318 g/mol. The van der Waals surface area contributed by atoms with E-state index in [9.17, 15) is 9.59 Å². The number of amides is 1. The Morgan fingerprint density at radius 2 is 1.96 bits per heavy atom. The maximum atomic E-state index is 12.5. The van der Waals surface area contributed by atoms with Crippen LogP contribution in [0.15, 0.2) is 24.3 Å². The van der Waals surface area contributed by atoms with E-state index in [0.29, 0.717) is 28.4 Å². The Kier molecular flexibility index (Phi) is 4.88. The number of hydrogen-bond donors (Lipinski definition) is 1. The standard InChI is InChI=1S/C19H23N3O3/c1-12-17(13(2)22(3)21-12)18(23)19(24)20-14-7-6-10-16(11-14)25-15-8-4-5-9-15/h6-7,10-11,15H,4-5,8-9H2,1-3H3,(H,20,24). The number of ketones is 1. The summed E-state index contributed by atoms with van der Waals surface area (Å²) in [4.78, 5) is 24.8. The highest BCUT2D eigenvalue weighted by atomic mass is 16.5. The van der Waals surface area contributed by atoms with Crippen LogP contribution in [0.1, 0.15) is 47.4 Å². The number of anilines is 1. The van der Waals surface area contributed by atoms with E-state index in [1.165, 1.54) is 12.8 Å². The number of carbonyl (C=O) groups excluding carboxylic acids is 2. The third-order valence-corrected chi connectivity index (χ3v) is 4.64. The lowest BCUT2D eigenvalue weighted by Gasteiger charge is -2.14. The zero-order valence-electron chi connectivity index (χ0n) is 14.8. The lowest BCUT2D eigenvalue weighted by Crippen LogP contribution is -2.24. The van der Waals surface area contributed by atoms with Crippen LogP contribution in [0.2, 0.25) is 0 Å². The van der Waals surface area contributed by atoms with Crippen molar-refractivity contribution in [2.45, 2.75) is 45.6 Å². The van der Waals surface area contributed by atoms with Crippen LogP contribution in [0, 0.1) is 13.8 Å². The van der Waals surface area contributed by atoms with E-state index in [-0.39, 0.29) is 6.10 Å². The molecule has 1 amide bonds. The van der Waals surface area contributed by atoms with Gasteiger partial charge in [0.2, 0.25) is 0 Å². The van der Waals surface area contributed by atoms with Gasteiger partial charge in [0.05, 0.1) is 17.4 Å². The third kappa shape index (κ3) is 3.73. The Morgan fingerprint density at radius 1 is 1.24 bits per heavy atom. The van der Waals surface area contributed by atoms with E-state index in [1.54, 1.807) is 37.7 Å². The quantitative estimate of drug-likeness (QED) is 0.669. The first-order chi connectivity index (χ1) is 12.0. The van der Waals surface area contributed by atoms with Gasteiger partial charge in [-0.2, -0.15) is 5.10 Å². The number of aromatic nitrogens is 2. The predicted molar refractivity (Wildman–Crippen MR) is 95.0 cm³/mol. The van der Waals surface area contributed by atoms with E-state index in [1.807, 2.05) is 12.1 Å². The second kappa shape index (κ2) is 7.09. The molecular formula is C19H23N3O3. The van der Waals surface area contributed by atoms with E-state index >= 15 is 0 Å². The zero-order chi connectivity index (χ0) is 18.0. The monoisotopic (exact) mass is 341 g/mol. The van der Waals surface area contributed by atoms with Gasteiger partial charge in [0.15, 0.2) is 0 Å². The first kappa shape index (κ1) is 17.2. The van der Waals surface area contributed by atoms with Gasteiger partial charge in [-0.1, -0.05) is 6.07 Å². The molecule has 0 aliphatic heterocycles. The molecule has 1 saturated carbocycles. The Bertz CT molecular complexity index is 804. The largest absolute Gasteiger partial charge is 0.490 e. The van der Waals surface area contributed by atoms with Crippen molar-refractivity contribution in [3.8, 4) is 5.75 Å². The smallest absolute Gasteiger partial charge is 0.296 e. The molecule has 1 fully saturated rings. The maximum absolute atomic E-state index is 12.5. The summed E-state index contributed by atoms with van der Waals surface area (Å²) in [5.74, 6) is -0.534. The van der Waals surface area contributed by atoms with Crippen molar-refractivity contribution in [2.75, 3.05) is 5.32 Å². The predicted octanol–water partition coefficient (Wildman–Crippen LogP) is 3.18. The minimum absolute atomic E-state index is 0.244. The lowest BCUT2D eigenvalue weighted by molar-refractivity contribution is -0.112. The number of Topliss-reactive ketones (excluding diaryl/α,β-unsaturated/α-hetero) is 1. The molecule has 1 heterocycles. The van der Waals surface area contributed by atoms with Gasteiger partial charge in [-0.3, -0.25) is 14.3 Å². The molecule has 0 saturated heterocycles. The SMILES string of the molecule is Cc1nn(C)c(C)c1C(=O)C(=O)Nc1cccc(OC2CCCC2)c1. The number of benzene rings is 1. The van der Waals surface area contributed by atoms with Crippen molar-refractivity contribution in [1.29, 1.82) is 0 Å². The van der Waals surface area contributed by atoms with Gasteiger partial charge in [-0.15, -0.1) is 0 Å². The molecule has 0 atom stereocenters. The van der Waals surface area contributed by atoms with E-state index in [0.717, 1.165) is 12.8 Å². The van der Waals surface area contributed by atoms with Gasteiger partial charge >= 0.3 is 0 Å². The van der Waals surface area contributed by atoms with Gasteiger partial charge < -0.3 is 10.1 Å². The van der Waals surface area contributed by atoms with E-state index in [4.69, 9.17) is 4.74 Å². The van der Waals surface area contributed by atoms with Crippen LogP contribution in [0.3, 0.4) is 0 Å². The number of hydrogen-bond acceptors (Lipinski definition) is 4. The molecule has 0 radical (unpaired) electrons. The molecule has 1 aromatic carbocycles. The van der Waals surface area contributed by atoms with Crippen molar-refractivity contribution in [1.82, 2.24) is 9.78 Å². The fourth-order valence-electron chi connectivity index (χ4n) is 3.25. The van der Waals surface area contributed by atoms with Crippen molar-refractivity contribution >= 4 is 17.4 Å². The zero-order valence-corrected chi connectivity index (χ0v) is 14.8. The molecule has 1 aliphatic rings. The normalized spacial score (nSPS) is 14.5. The number of rotatable bonds is 5. The van der Waals surface area contributed by atoms with E-state index < -0.39 is 11.7 Å². The van der Waals surface area contributed by atoms with Crippen LogP contribution in [-0.2, 0) is 11.8 Å². The number of carbonyl (C=O) groups is 2. The lowest BCUT2D eigenvalue weighted by atomic mass is 10.1.